The van der Waals surface area contributed by atoms with Crippen molar-refractivity contribution in [3.05, 3.63) is 82.6 Å². The summed E-state index contributed by atoms with van der Waals surface area (Å²) in [4.78, 5) is 41.1. The number of anilines is 1. The van der Waals surface area contributed by atoms with Crippen LogP contribution < -0.4 is 16.2 Å². The van der Waals surface area contributed by atoms with E-state index in [1.54, 1.807) is 25.5 Å². The number of pyridine rings is 2. The van der Waals surface area contributed by atoms with Crippen LogP contribution >= 0.6 is 0 Å². The van der Waals surface area contributed by atoms with E-state index in [0.717, 1.165) is 22.3 Å². The van der Waals surface area contributed by atoms with Crippen LogP contribution in [0.15, 0.2) is 59.9 Å². The quantitative estimate of drug-likeness (QED) is 0.401. The maximum atomic E-state index is 12.8. The second-order valence-corrected chi connectivity index (χ2v) is 7.15. The van der Waals surface area contributed by atoms with Crippen molar-refractivity contribution in [2.24, 2.45) is 0 Å². The van der Waals surface area contributed by atoms with E-state index in [0.29, 0.717) is 18.7 Å². The Kier molecular flexibility index (Phi) is 6.02. The molecular formula is C22H29N7O2. The first kappa shape index (κ1) is 20.3. The number of fused-ring (bicyclic) bond motifs is 1. The highest BCUT2D eigenvalue weighted by molar-refractivity contribution is 5.79. The van der Waals surface area contributed by atoms with Crippen molar-refractivity contribution >= 4 is 22.6 Å². The Morgan fingerprint density at radius 2 is 2.06 bits per heavy atom. The molecular weight excluding hydrogens is 394 g/mol. The lowest BCUT2D eigenvalue weighted by molar-refractivity contribution is -0.121. The molecule has 0 aliphatic heterocycles. The molecule has 0 aliphatic carbocycles. The molecule has 164 valence electrons. The number of hydrogen-bond acceptors (Lipinski definition) is 6. The first-order chi connectivity index (χ1) is 15.1. The summed E-state index contributed by atoms with van der Waals surface area (Å²) in [6.45, 7) is 2.46. The van der Waals surface area contributed by atoms with E-state index in [9.17, 15) is 9.59 Å². The molecule has 4 aromatic heterocycles. The third-order valence-electron chi connectivity index (χ3n) is 4.92. The molecule has 4 rings (SSSR count). The number of rotatable bonds is 8. The van der Waals surface area contributed by atoms with Crippen molar-refractivity contribution < 1.29 is 9.07 Å². The number of aryl methyl sites for hydroxylation is 1. The lowest BCUT2D eigenvalue weighted by Crippen LogP contribution is -2.34. The molecule has 1 amide bonds. The van der Waals surface area contributed by atoms with Gasteiger partial charge in [0.2, 0.25) is 5.91 Å². The normalized spacial score (nSPS) is 10.9. The van der Waals surface area contributed by atoms with Gasteiger partial charge < -0.3 is 15.6 Å². The van der Waals surface area contributed by atoms with Crippen molar-refractivity contribution in [3.63, 3.8) is 0 Å². The SMILES string of the molecule is Cc1cnc(NCCc2ccccn2)c(=O)n1CC(=O)NCc1cc2cc[nH]c2cn1.[HH].[HH].[HH]. The van der Waals surface area contributed by atoms with Crippen LogP contribution in [0.3, 0.4) is 0 Å². The zero-order valence-corrected chi connectivity index (χ0v) is 17.1. The fourth-order valence-corrected chi connectivity index (χ4v) is 3.23. The van der Waals surface area contributed by atoms with Crippen LogP contribution in [0, 0.1) is 6.92 Å². The highest BCUT2D eigenvalue weighted by Crippen LogP contribution is 2.11. The van der Waals surface area contributed by atoms with Gasteiger partial charge in [0.1, 0.15) is 6.54 Å². The lowest BCUT2D eigenvalue weighted by Gasteiger charge is -2.12. The number of nitrogens with one attached hydrogen (secondary N) is 3. The van der Waals surface area contributed by atoms with Gasteiger partial charge in [-0.15, -0.1) is 0 Å². The zero-order chi connectivity index (χ0) is 21.6. The molecule has 4 aromatic rings. The summed E-state index contributed by atoms with van der Waals surface area (Å²) in [6.07, 6.45) is 7.55. The average Bonchev–Trinajstić information content (AvgIpc) is 3.25. The molecule has 0 aliphatic rings. The number of carbonyl (C=O) groups excluding carboxylic acids is 1. The number of H-pyrrole nitrogens is 1. The molecule has 0 atom stereocenters. The van der Waals surface area contributed by atoms with Gasteiger partial charge in [0.25, 0.3) is 5.56 Å². The third kappa shape index (κ3) is 4.95. The summed E-state index contributed by atoms with van der Waals surface area (Å²) in [5.74, 6) is -0.0549. The van der Waals surface area contributed by atoms with Gasteiger partial charge in [-0.1, -0.05) is 6.07 Å². The van der Waals surface area contributed by atoms with E-state index in [1.165, 1.54) is 4.57 Å². The molecule has 0 saturated carbocycles. The number of hydrogen-bond donors (Lipinski definition) is 3. The molecule has 0 saturated heterocycles. The van der Waals surface area contributed by atoms with Crippen molar-refractivity contribution in [1.29, 1.82) is 0 Å². The number of carbonyl (C=O) groups is 1. The van der Waals surface area contributed by atoms with Gasteiger partial charge in [-0.3, -0.25) is 24.1 Å². The fraction of sp³-hybridized carbons (Fsp3) is 0.227. The Balaban J connectivity index is 0.00000193. The fourth-order valence-electron chi connectivity index (χ4n) is 3.23. The maximum Gasteiger partial charge on any atom is 0.293 e. The minimum absolute atomic E-state index is 0. The molecule has 0 spiro atoms. The van der Waals surface area contributed by atoms with Crippen LogP contribution in [0.4, 0.5) is 5.82 Å². The van der Waals surface area contributed by atoms with Crippen LogP contribution in [0.25, 0.3) is 10.9 Å². The smallest absolute Gasteiger partial charge is 0.293 e. The minimum atomic E-state index is -0.331. The van der Waals surface area contributed by atoms with Gasteiger partial charge in [0.15, 0.2) is 5.82 Å². The monoisotopic (exact) mass is 423 g/mol. The van der Waals surface area contributed by atoms with E-state index in [2.05, 4.69) is 30.6 Å². The molecule has 0 radical (unpaired) electrons. The van der Waals surface area contributed by atoms with Crippen molar-refractivity contribution in [2.45, 2.75) is 26.4 Å². The molecule has 0 fully saturated rings. The van der Waals surface area contributed by atoms with Gasteiger partial charge >= 0.3 is 0 Å². The highest BCUT2D eigenvalue weighted by Gasteiger charge is 2.12. The predicted molar refractivity (Wildman–Crippen MR) is 124 cm³/mol. The second-order valence-electron chi connectivity index (χ2n) is 7.15. The van der Waals surface area contributed by atoms with E-state index in [-0.39, 0.29) is 34.7 Å². The molecule has 0 bridgehead atoms. The number of amides is 1. The van der Waals surface area contributed by atoms with E-state index >= 15 is 0 Å². The minimum Gasteiger partial charge on any atom is -0.365 e. The van der Waals surface area contributed by atoms with Crippen LogP contribution in [0.2, 0.25) is 0 Å². The summed E-state index contributed by atoms with van der Waals surface area (Å²) in [6, 6.07) is 9.57. The zero-order valence-electron chi connectivity index (χ0n) is 17.1. The maximum absolute atomic E-state index is 12.8. The van der Waals surface area contributed by atoms with Crippen LogP contribution in [-0.4, -0.2) is 37.0 Å². The molecule has 9 heteroatoms. The molecule has 31 heavy (non-hydrogen) atoms. The Bertz CT molecular complexity index is 1260. The van der Waals surface area contributed by atoms with E-state index in [1.807, 2.05) is 36.5 Å². The number of aromatic amines is 1. The summed E-state index contributed by atoms with van der Waals surface area (Å²) in [7, 11) is 0. The molecule has 0 aromatic carbocycles. The first-order valence-electron chi connectivity index (χ1n) is 9.99. The largest absolute Gasteiger partial charge is 0.365 e. The summed E-state index contributed by atoms with van der Waals surface area (Å²) < 4.78 is 1.41. The topological polar surface area (TPSA) is 118 Å². The second kappa shape index (κ2) is 9.21. The predicted octanol–water partition coefficient (Wildman–Crippen LogP) is 2.53. The first-order valence-corrected chi connectivity index (χ1v) is 9.99. The Morgan fingerprint density at radius 3 is 2.90 bits per heavy atom. The van der Waals surface area contributed by atoms with Crippen LogP contribution in [0.5, 0.6) is 0 Å². The standard InChI is InChI=1S/C22H23N7O2.3H2/c1-15-11-28-21(25-9-6-17-4-2-3-7-23-17)22(31)29(15)14-20(30)27-12-18-10-16-5-8-24-19(16)13-26-18;;;/h2-5,7-8,10-11,13,24H,6,9,12,14H2,1H3,(H,25,28)(H,27,30);3*1H. The molecule has 9 nitrogen and oxygen atoms in total. The van der Waals surface area contributed by atoms with E-state index < -0.39 is 0 Å². The average molecular weight is 424 g/mol. The number of aromatic nitrogens is 5. The van der Waals surface area contributed by atoms with E-state index in [4.69, 9.17) is 0 Å². The van der Waals surface area contributed by atoms with Crippen molar-refractivity contribution in [1.82, 2.24) is 29.8 Å². The summed E-state index contributed by atoms with van der Waals surface area (Å²) in [5, 5.41) is 6.90. The van der Waals surface area contributed by atoms with Gasteiger partial charge in [0.05, 0.1) is 24.0 Å². The van der Waals surface area contributed by atoms with Crippen molar-refractivity contribution in [3.8, 4) is 0 Å². The summed E-state index contributed by atoms with van der Waals surface area (Å²) in [5.41, 5.74) is 2.90. The van der Waals surface area contributed by atoms with Gasteiger partial charge in [-0.25, -0.2) is 4.98 Å². The lowest BCUT2D eigenvalue weighted by atomic mass is 10.2. The molecule has 3 N–H and O–H groups in total. The van der Waals surface area contributed by atoms with Crippen LogP contribution in [-0.2, 0) is 24.3 Å². The van der Waals surface area contributed by atoms with Crippen molar-refractivity contribution in [2.75, 3.05) is 11.9 Å². The van der Waals surface area contributed by atoms with Gasteiger partial charge in [-0.05, 0) is 31.2 Å². The highest BCUT2D eigenvalue weighted by atomic mass is 16.2. The number of nitrogens with zero attached hydrogens (tertiary/aromatic N) is 4. The Hall–Kier alpha value is -4.01. The Labute approximate surface area is 183 Å². The third-order valence-corrected chi connectivity index (χ3v) is 4.92. The molecule has 4 heterocycles. The van der Waals surface area contributed by atoms with Gasteiger partial charge in [0, 0.05) is 52.6 Å². The van der Waals surface area contributed by atoms with Gasteiger partial charge in [-0.2, -0.15) is 0 Å². The van der Waals surface area contributed by atoms with Crippen LogP contribution in [0.1, 0.15) is 21.4 Å². The molecule has 0 unspecified atom stereocenters. The Morgan fingerprint density at radius 1 is 1.16 bits per heavy atom. The summed E-state index contributed by atoms with van der Waals surface area (Å²) >= 11 is 0.